The van der Waals surface area contributed by atoms with Gasteiger partial charge in [0.15, 0.2) is 0 Å². The SMILES string of the molecule is O=C1C(=O)N(CCCn2ccnc2)C(c2ncc[nH]2)C1c1ccccc1. The third-order valence-electron chi connectivity index (χ3n) is 4.74. The number of hydrogen-bond acceptors (Lipinski definition) is 4. The number of ketones is 1. The largest absolute Gasteiger partial charge is 0.347 e. The van der Waals surface area contributed by atoms with Crippen LogP contribution in [0.25, 0.3) is 0 Å². The van der Waals surface area contributed by atoms with Crippen molar-refractivity contribution < 1.29 is 9.59 Å². The zero-order valence-electron chi connectivity index (χ0n) is 14.2. The topological polar surface area (TPSA) is 83.9 Å². The van der Waals surface area contributed by atoms with Crippen LogP contribution in [0.3, 0.4) is 0 Å². The third kappa shape index (κ3) is 2.92. The van der Waals surface area contributed by atoms with Crippen LogP contribution in [-0.2, 0) is 16.1 Å². The van der Waals surface area contributed by atoms with Crippen LogP contribution < -0.4 is 0 Å². The molecular weight excluding hydrogens is 330 g/mol. The summed E-state index contributed by atoms with van der Waals surface area (Å²) in [5.74, 6) is -0.713. The van der Waals surface area contributed by atoms with Gasteiger partial charge in [0.2, 0.25) is 5.78 Å². The van der Waals surface area contributed by atoms with Crippen LogP contribution in [0.1, 0.15) is 29.8 Å². The highest BCUT2D eigenvalue weighted by Crippen LogP contribution is 2.41. The maximum atomic E-state index is 12.8. The number of carbonyl (C=O) groups excluding carboxylic acids is 2. The Kier molecular flexibility index (Phi) is 4.35. The van der Waals surface area contributed by atoms with Crippen LogP contribution >= 0.6 is 0 Å². The van der Waals surface area contributed by atoms with Gasteiger partial charge in [0, 0.05) is 37.9 Å². The number of nitrogens with zero attached hydrogens (tertiary/aromatic N) is 4. The number of aromatic nitrogens is 4. The first-order chi connectivity index (χ1) is 12.8. The van der Waals surface area contributed by atoms with Crippen molar-refractivity contribution in [2.75, 3.05) is 6.54 Å². The van der Waals surface area contributed by atoms with E-state index in [-0.39, 0.29) is 5.78 Å². The Labute approximate surface area is 150 Å². The zero-order valence-corrected chi connectivity index (χ0v) is 14.2. The van der Waals surface area contributed by atoms with Crippen molar-refractivity contribution in [3.8, 4) is 0 Å². The summed E-state index contributed by atoms with van der Waals surface area (Å²) in [7, 11) is 0. The van der Waals surface area contributed by atoms with Crippen LogP contribution in [0.4, 0.5) is 0 Å². The summed E-state index contributed by atoms with van der Waals surface area (Å²) >= 11 is 0. The molecule has 3 aromatic rings. The highest BCUT2D eigenvalue weighted by atomic mass is 16.2. The van der Waals surface area contributed by atoms with Gasteiger partial charge in [0.05, 0.1) is 12.2 Å². The van der Waals surface area contributed by atoms with Gasteiger partial charge in [0.25, 0.3) is 5.91 Å². The number of rotatable bonds is 6. The molecule has 1 aliphatic rings. The van der Waals surface area contributed by atoms with Gasteiger partial charge in [-0.15, -0.1) is 0 Å². The van der Waals surface area contributed by atoms with E-state index in [1.54, 1.807) is 29.8 Å². The number of aromatic amines is 1. The lowest BCUT2D eigenvalue weighted by Crippen LogP contribution is -2.31. The highest BCUT2D eigenvalue weighted by molar-refractivity contribution is 6.40. The Morgan fingerprint density at radius 1 is 1.08 bits per heavy atom. The summed E-state index contributed by atoms with van der Waals surface area (Å²) < 4.78 is 1.96. The van der Waals surface area contributed by atoms with Gasteiger partial charge in [-0.25, -0.2) is 9.97 Å². The minimum Gasteiger partial charge on any atom is -0.347 e. The second kappa shape index (κ2) is 6.95. The van der Waals surface area contributed by atoms with E-state index in [9.17, 15) is 9.59 Å². The van der Waals surface area contributed by atoms with Crippen molar-refractivity contribution in [2.24, 2.45) is 0 Å². The molecule has 1 N–H and O–H groups in total. The van der Waals surface area contributed by atoms with Crippen molar-refractivity contribution in [1.82, 2.24) is 24.4 Å². The van der Waals surface area contributed by atoms with Crippen molar-refractivity contribution in [1.29, 1.82) is 0 Å². The summed E-state index contributed by atoms with van der Waals surface area (Å²) in [5, 5.41) is 0. The Balaban J connectivity index is 1.61. The Bertz CT molecular complexity index is 874. The molecule has 132 valence electrons. The third-order valence-corrected chi connectivity index (χ3v) is 4.74. The molecule has 0 bridgehead atoms. The second-order valence-electron chi connectivity index (χ2n) is 6.32. The van der Waals surface area contributed by atoms with Gasteiger partial charge in [-0.3, -0.25) is 9.59 Å². The second-order valence-corrected chi connectivity index (χ2v) is 6.32. The van der Waals surface area contributed by atoms with Crippen LogP contribution in [0, 0.1) is 0 Å². The van der Waals surface area contributed by atoms with Crippen LogP contribution in [0.2, 0.25) is 0 Å². The average Bonchev–Trinajstić information content (AvgIpc) is 3.40. The number of amides is 1. The number of nitrogens with one attached hydrogen (secondary N) is 1. The highest BCUT2D eigenvalue weighted by Gasteiger charge is 2.49. The number of Topliss-reactive ketones (excluding diaryl/α,β-unsaturated/α-hetero) is 1. The molecule has 0 spiro atoms. The Morgan fingerprint density at radius 2 is 1.92 bits per heavy atom. The van der Waals surface area contributed by atoms with Crippen molar-refractivity contribution in [2.45, 2.75) is 24.9 Å². The first-order valence-corrected chi connectivity index (χ1v) is 8.60. The molecule has 1 saturated heterocycles. The quantitative estimate of drug-likeness (QED) is 0.689. The van der Waals surface area contributed by atoms with Crippen LogP contribution in [0.5, 0.6) is 0 Å². The van der Waals surface area contributed by atoms with E-state index in [1.165, 1.54) is 0 Å². The molecule has 0 saturated carbocycles. The Hall–Kier alpha value is -3.22. The first-order valence-electron chi connectivity index (χ1n) is 8.60. The predicted octanol–water partition coefficient (Wildman–Crippen LogP) is 1.93. The number of hydrogen-bond donors (Lipinski definition) is 1. The summed E-state index contributed by atoms with van der Waals surface area (Å²) in [4.78, 5) is 38.6. The molecule has 1 aromatic carbocycles. The summed E-state index contributed by atoms with van der Waals surface area (Å²) in [6, 6.07) is 9.04. The van der Waals surface area contributed by atoms with Crippen molar-refractivity contribution in [3.63, 3.8) is 0 Å². The zero-order chi connectivity index (χ0) is 17.9. The minimum absolute atomic E-state index is 0.375. The van der Waals surface area contributed by atoms with Crippen LogP contribution in [0.15, 0.2) is 61.4 Å². The lowest BCUT2D eigenvalue weighted by atomic mass is 9.90. The van der Waals surface area contributed by atoms with E-state index in [0.717, 1.165) is 18.5 Å². The fraction of sp³-hybridized carbons (Fsp3) is 0.263. The van der Waals surface area contributed by atoms with Crippen molar-refractivity contribution >= 4 is 11.7 Å². The first kappa shape index (κ1) is 16.3. The maximum absolute atomic E-state index is 12.8. The number of H-pyrrole nitrogens is 1. The number of aryl methyl sites for hydroxylation is 1. The molecule has 2 aromatic heterocycles. The minimum atomic E-state index is -0.539. The molecule has 3 heterocycles. The predicted molar refractivity (Wildman–Crippen MR) is 94.1 cm³/mol. The molecule has 26 heavy (non-hydrogen) atoms. The number of likely N-dealkylation sites (tertiary alicyclic amines) is 1. The van der Waals surface area contributed by atoms with E-state index in [1.807, 2.05) is 41.1 Å². The van der Waals surface area contributed by atoms with Crippen LogP contribution in [-0.4, -0.2) is 42.7 Å². The number of benzene rings is 1. The summed E-state index contributed by atoms with van der Waals surface area (Å²) in [6.45, 7) is 1.22. The normalized spacial score (nSPS) is 20.1. The summed E-state index contributed by atoms with van der Waals surface area (Å²) in [5.41, 5.74) is 0.837. The molecule has 2 unspecified atom stereocenters. The molecule has 7 heteroatoms. The van der Waals surface area contributed by atoms with E-state index < -0.39 is 17.9 Å². The van der Waals surface area contributed by atoms with E-state index in [4.69, 9.17) is 0 Å². The van der Waals surface area contributed by atoms with Gasteiger partial charge < -0.3 is 14.5 Å². The monoisotopic (exact) mass is 349 g/mol. The summed E-state index contributed by atoms with van der Waals surface area (Å²) in [6.07, 6.45) is 9.44. The fourth-order valence-electron chi connectivity index (χ4n) is 3.55. The van der Waals surface area contributed by atoms with E-state index in [0.29, 0.717) is 12.4 Å². The molecule has 0 radical (unpaired) electrons. The van der Waals surface area contributed by atoms with Gasteiger partial charge in [-0.1, -0.05) is 30.3 Å². The average molecular weight is 349 g/mol. The molecule has 0 aliphatic carbocycles. The van der Waals surface area contributed by atoms with E-state index >= 15 is 0 Å². The van der Waals surface area contributed by atoms with Gasteiger partial charge in [-0.2, -0.15) is 0 Å². The molecular formula is C19H19N5O2. The van der Waals surface area contributed by atoms with E-state index in [2.05, 4.69) is 15.0 Å². The lowest BCUT2D eigenvalue weighted by molar-refractivity contribution is -0.140. The van der Waals surface area contributed by atoms with Gasteiger partial charge in [0.1, 0.15) is 11.9 Å². The lowest BCUT2D eigenvalue weighted by Gasteiger charge is -2.25. The molecule has 7 nitrogen and oxygen atoms in total. The molecule has 1 aliphatic heterocycles. The molecule has 4 rings (SSSR count). The van der Waals surface area contributed by atoms with Gasteiger partial charge in [-0.05, 0) is 12.0 Å². The van der Waals surface area contributed by atoms with Gasteiger partial charge >= 0.3 is 0 Å². The smallest absolute Gasteiger partial charge is 0.291 e. The fourth-order valence-corrected chi connectivity index (χ4v) is 3.55. The molecule has 1 fully saturated rings. The standard InChI is InChI=1S/C19H19N5O2/c25-17-15(14-5-2-1-3-6-14)16(18-21-7-8-22-18)24(19(17)26)11-4-10-23-12-9-20-13-23/h1-3,5-9,12-13,15-16H,4,10-11H2,(H,21,22). The molecule has 2 atom stereocenters. The number of imidazole rings is 2. The number of carbonyl (C=O) groups is 2. The maximum Gasteiger partial charge on any atom is 0.291 e. The Morgan fingerprint density at radius 3 is 2.62 bits per heavy atom. The molecule has 1 amide bonds. The van der Waals surface area contributed by atoms with Crippen molar-refractivity contribution in [3.05, 3.63) is 72.8 Å².